The third-order valence-corrected chi connectivity index (χ3v) is 4.83. The normalized spacial score (nSPS) is 23.1. The molecule has 3 heterocycles. The number of hydrogen-bond acceptors (Lipinski definition) is 4. The quantitative estimate of drug-likeness (QED) is 0.901. The number of hydrogen-bond donors (Lipinski definition) is 1. The Bertz CT molecular complexity index is 802. The average Bonchev–Trinajstić information content (AvgIpc) is 2.94. The molecule has 2 saturated heterocycles. The molecule has 2 fully saturated rings. The summed E-state index contributed by atoms with van der Waals surface area (Å²) in [5.74, 6) is -0.103. The predicted molar refractivity (Wildman–Crippen MR) is 90.3 cm³/mol. The van der Waals surface area contributed by atoms with Crippen LogP contribution < -0.4 is 10.9 Å². The predicted octanol–water partition coefficient (Wildman–Crippen LogP) is 1.20. The third kappa shape index (κ3) is 2.85. The van der Waals surface area contributed by atoms with Crippen molar-refractivity contribution >= 4 is 5.91 Å². The Morgan fingerprint density at radius 2 is 1.83 bits per heavy atom. The topological polar surface area (TPSA) is 67.2 Å². The van der Waals surface area contributed by atoms with E-state index in [2.05, 4.69) is 10.4 Å². The molecule has 6 heteroatoms. The lowest BCUT2D eigenvalue weighted by molar-refractivity contribution is 0.0740. The number of fused-ring (bicyclic) bond motifs is 2. The molecule has 1 aromatic heterocycles. The van der Waals surface area contributed by atoms with Crippen molar-refractivity contribution in [3.63, 3.8) is 0 Å². The van der Waals surface area contributed by atoms with Gasteiger partial charge in [-0.2, -0.15) is 9.78 Å². The Kier molecular flexibility index (Phi) is 3.90. The molecule has 0 aliphatic carbocycles. The van der Waals surface area contributed by atoms with Crippen LogP contribution in [-0.2, 0) is 0 Å². The van der Waals surface area contributed by atoms with E-state index in [0.29, 0.717) is 30.0 Å². The molecule has 124 valence electrons. The van der Waals surface area contributed by atoms with Crippen molar-refractivity contribution in [3.8, 4) is 5.69 Å². The highest BCUT2D eigenvalue weighted by Gasteiger charge is 2.31. The van der Waals surface area contributed by atoms with Gasteiger partial charge < -0.3 is 10.2 Å². The maximum atomic E-state index is 12.8. The molecule has 1 N–H and O–H groups in total. The minimum absolute atomic E-state index is 0.103. The van der Waals surface area contributed by atoms with Crippen LogP contribution in [0.15, 0.2) is 47.3 Å². The van der Waals surface area contributed by atoms with Gasteiger partial charge >= 0.3 is 0 Å². The van der Waals surface area contributed by atoms with Crippen LogP contribution in [-0.4, -0.2) is 45.8 Å². The first-order chi connectivity index (χ1) is 11.7. The van der Waals surface area contributed by atoms with Crippen LogP contribution in [0.5, 0.6) is 0 Å². The zero-order valence-corrected chi connectivity index (χ0v) is 13.4. The van der Waals surface area contributed by atoms with Crippen molar-refractivity contribution in [2.45, 2.75) is 31.3 Å². The molecule has 2 atom stereocenters. The molecular weight excluding hydrogens is 304 g/mol. The van der Waals surface area contributed by atoms with Crippen LogP contribution in [0.2, 0.25) is 0 Å². The number of aromatic nitrogens is 2. The number of nitrogens with one attached hydrogen (secondary N) is 1. The summed E-state index contributed by atoms with van der Waals surface area (Å²) in [5.41, 5.74) is 0.735. The lowest BCUT2D eigenvalue weighted by Gasteiger charge is -2.24. The molecular formula is C18H20N4O2. The molecule has 2 bridgehead atoms. The summed E-state index contributed by atoms with van der Waals surface area (Å²) < 4.78 is 1.29. The number of likely N-dealkylation sites (tertiary alicyclic amines) is 1. The molecule has 0 radical (unpaired) electrons. The molecule has 6 nitrogen and oxygen atoms in total. The first-order valence-corrected chi connectivity index (χ1v) is 8.42. The van der Waals surface area contributed by atoms with Crippen LogP contribution in [0.25, 0.3) is 5.69 Å². The monoisotopic (exact) mass is 324 g/mol. The van der Waals surface area contributed by atoms with E-state index in [-0.39, 0.29) is 11.5 Å². The summed E-state index contributed by atoms with van der Waals surface area (Å²) in [7, 11) is 0. The van der Waals surface area contributed by atoms with Crippen LogP contribution in [0.4, 0.5) is 0 Å². The Hall–Kier alpha value is -2.47. The van der Waals surface area contributed by atoms with E-state index in [1.807, 2.05) is 23.1 Å². The molecule has 0 saturated carbocycles. The number of carbonyl (C=O) groups excluding carboxylic acids is 1. The second-order valence-electron chi connectivity index (χ2n) is 6.48. The fraction of sp³-hybridized carbons (Fsp3) is 0.389. The molecule has 1 aromatic carbocycles. The Labute approximate surface area is 140 Å². The highest BCUT2D eigenvalue weighted by molar-refractivity contribution is 5.92. The van der Waals surface area contributed by atoms with Crippen LogP contribution in [0.3, 0.4) is 0 Å². The van der Waals surface area contributed by atoms with Crippen LogP contribution in [0.1, 0.15) is 29.8 Å². The van der Waals surface area contributed by atoms with Crippen molar-refractivity contribution < 1.29 is 4.79 Å². The van der Waals surface area contributed by atoms with Gasteiger partial charge in [-0.1, -0.05) is 18.2 Å². The lowest BCUT2D eigenvalue weighted by Crippen LogP contribution is -2.40. The van der Waals surface area contributed by atoms with E-state index in [4.69, 9.17) is 0 Å². The second kappa shape index (κ2) is 6.20. The number of amides is 1. The van der Waals surface area contributed by atoms with Gasteiger partial charge in [0, 0.05) is 31.2 Å². The summed E-state index contributed by atoms with van der Waals surface area (Å²) >= 11 is 0. The first kappa shape index (κ1) is 15.1. The van der Waals surface area contributed by atoms with E-state index in [1.54, 1.807) is 12.1 Å². The molecule has 4 rings (SSSR count). The summed E-state index contributed by atoms with van der Waals surface area (Å²) in [6, 6.07) is 13.0. The molecule has 0 spiro atoms. The Morgan fingerprint density at radius 3 is 2.67 bits per heavy atom. The Morgan fingerprint density at radius 1 is 1.04 bits per heavy atom. The van der Waals surface area contributed by atoms with Crippen molar-refractivity contribution in [1.82, 2.24) is 20.0 Å². The largest absolute Gasteiger partial charge is 0.336 e. The fourth-order valence-corrected chi connectivity index (χ4v) is 3.57. The van der Waals surface area contributed by atoms with Gasteiger partial charge in [0.1, 0.15) is 5.69 Å². The number of rotatable bonds is 2. The number of para-hydroxylation sites is 1. The van der Waals surface area contributed by atoms with Gasteiger partial charge in [0.25, 0.3) is 11.5 Å². The molecule has 2 unspecified atom stereocenters. The van der Waals surface area contributed by atoms with Crippen molar-refractivity contribution in [3.05, 3.63) is 58.5 Å². The molecule has 2 aliphatic heterocycles. The van der Waals surface area contributed by atoms with Gasteiger partial charge in [-0.05, 0) is 37.5 Å². The summed E-state index contributed by atoms with van der Waals surface area (Å²) in [5, 5.41) is 7.87. The van der Waals surface area contributed by atoms with Crippen molar-refractivity contribution in [2.24, 2.45) is 0 Å². The molecule has 24 heavy (non-hydrogen) atoms. The van der Waals surface area contributed by atoms with Crippen LogP contribution >= 0.6 is 0 Å². The Balaban J connectivity index is 1.62. The zero-order chi connectivity index (χ0) is 16.5. The van der Waals surface area contributed by atoms with Gasteiger partial charge in [0.2, 0.25) is 0 Å². The SMILES string of the molecule is O=C(c1ccc(=O)n(-c2ccccc2)n1)N1CCC2CCC(C1)N2. The standard InChI is InChI=1S/C18H20N4O2/c23-17-9-8-16(20-22(17)15-4-2-1-3-5-15)18(24)21-11-10-13-6-7-14(12-21)19-13/h1-5,8-9,13-14,19H,6-7,10-12H2. The van der Waals surface area contributed by atoms with Crippen LogP contribution in [0, 0.1) is 0 Å². The van der Waals surface area contributed by atoms with Gasteiger partial charge in [-0.25, -0.2) is 0 Å². The maximum Gasteiger partial charge on any atom is 0.274 e. The minimum Gasteiger partial charge on any atom is -0.336 e. The molecule has 2 aromatic rings. The van der Waals surface area contributed by atoms with E-state index in [1.165, 1.54) is 23.2 Å². The van der Waals surface area contributed by atoms with E-state index >= 15 is 0 Å². The smallest absolute Gasteiger partial charge is 0.274 e. The van der Waals surface area contributed by atoms with Crippen molar-refractivity contribution in [2.75, 3.05) is 13.1 Å². The maximum absolute atomic E-state index is 12.8. The zero-order valence-electron chi connectivity index (χ0n) is 13.4. The number of carbonyl (C=O) groups is 1. The molecule has 2 aliphatic rings. The second-order valence-corrected chi connectivity index (χ2v) is 6.48. The summed E-state index contributed by atoms with van der Waals surface area (Å²) in [4.78, 5) is 26.8. The van der Waals surface area contributed by atoms with Gasteiger partial charge in [0.05, 0.1) is 5.69 Å². The minimum atomic E-state index is -0.241. The first-order valence-electron chi connectivity index (χ1n) is 8.42. The molecule has 1 amide bonds. The van der Waals surface area contributed by atoms with E-state index < -0.39 is 0 Å². The summed E-state index contributed by atoms with van der Waals surface area (Å²) in [6.45, 7) is 1.45. The summed E-state index contributed by atoms with van der Waals surface area (Å²) in [6.07, 6.45) is 3.29. The van der Waals surface area contributed by atoms with E-state index in [9.17, 15) is 9.59 Å². The fourth-order valence-electron chi connectivity index (χ4n) is 3.57. The van der Waals surface area contributed by atoms with E-state index in [0.717, 1.165) is 19.4 Å². The average molecular weight is 324 g/mol. The lowest BCUT2D eigenvalue weighted by atomic mass is 10.1. The number of benzene rings is 1. The number of nitrogens with zero attached hydrogens (tertiary/aromatic N) is 3. The van der Waals surface area contributed by atoms with Gasteiger partial charge in [-0.15, -0.1) is 0 Å². The van der Waals surface area contributed by atoms with Gasteiger partial charge in [-0.3, -0.25) is 9.59 Å². The highest BCUT2D eigenvalue weighted by atomic mass is 16.2. The van der Waals surface area contributed by atoms with Gasteiger partial charge in [0.15, 0.2) is 0 Å². The highest BCUT2D eigenvalue weighted by Crippen LogP contribution is 2.21. The van der Waals surface area contributed by atoms with Crippen molar-refractivity contribution in [1.29, 1.82) is 0 Å². The third-order valence-electron chi connectivity index (χ3n) is 4.83.